The van der Waals surface area contributed by atoms with Gasteiger partial charge in [-0.1, -0.05) is 12.1 Å². The molecule has 11 heteroatoms. The number of aryl methyl sites for hydroxylation is 3. The summed E-state index contributed by atoms with van der Waals surface area (Å²) in [6.45, 7) is 5.10. The molecular weight excluding hydrogens is 418 g/mol. The van der Waals surface area contributed by atoms with Crippen LogP contribution < -0.4 is 10.1 Å². The summed E-state index contributed by atoms with van der Waals surface area (Å²) in [7, 11) is 0. The Hall–Kier alpha value is -4.28. The molecule has 0 atom stereocenters. The van der Waals surface area contributed by atoms with Gasteiger partial charge in [0.2, 0.25) is 5.91 Å². The normalized spacial score (nSPS) is 10.6. The van der Waals surface area contributed by atoms with E-state index < -0.39 is 15.8 Å². The molecule has 0 fully saturated rings. The SMILES string of the molecule is Cc1cccc(Oc2cc(NC(=O)CCn3nc(C)c([N+](=O)[O-])c3C)cc([N+](=O)[O-])c2)c1. The van der Waals surface area contributed by atoms with Gasteiger partial charge in [0, 0.05) is 18.6 Å². The molecule has 0 aliphatic carbocycles. The van der Waals surface area contributed by atoms with Crippen LogP contribution in [0.2, 0.25) is 0 Å². The van der Waals surface area contributed by atoms with Gasteiger partial charge in [-0.05, 0) is 38.5 Å². The van der Waals surface area contributed by atoms with Gasteiger partial charge in [-0.25, -0.2) is 0 Å². The van der Waals surface area contributed by atoms with Crippen molar-refractivity contribution in [2.45, 2.75) is 33.7 Å². The Balaban J connectivity index is 1.74. The molecule has 1 N–H and O–H groups in total. The molecule has 3 aromatic rings. The Kier molecular flexibility index (Phi) is 6.47. The minimum Gasteiger partial charge on any atom is -0.457 e. The molecule has 0 radical (unpaired) electrons. The molecule has 166 valence electrons. The number of rotatable bonds is 8. The Labute approximate surface area is 182 Å². The van der Waals surface area contributed by atoms with E-state index in [1.165, 1.54) is 29.8 Å². The zero-order valence-corrected chi connectivity index (χ0v) is 17.7. The van der Waals surface area contributed by atoms with E-state index in [2.05, 4.69) is 10.4 Å². The van der Waals surface area contributed by atoms with Gasteiger partial charge in [-0.3, -0.25) is 29.7 Å². The van der Waals surface area contributed by atoms with E-state index in [9.17, 15) is 25.0 Å². The fourth-order valence-corrected chi connectivity index (χ4v) is 3.24. The molecule has 0 saturated carbocycles. The number of carbonyl (C=O) groups excluding carboxylic acids is 1. The lowest BCUT2D eigenvalue weighted by atomic mass is 10.2. The van der Waals surface area contributed by atoms with Crippen molar-refractivity contribution < 1.29 is 19.4 Å². The molecule has 0 saturated heterocycles. The first-order chi connectivity index (χ1) is 15.1. The first-order valence-corrected chi connectivity index (χ1v) is 9.66. The Morgan fingerprint density at radius 2 is 1.81 bits per heavy atom. The molecule has 0 aliphatic heterocycles. The standard InChI is InChI=1S/C21H21N5O6/c1-13-5-4-6-18(9-13)32-19-11-16(10-17(12-19)25(28)29)22-20(27)7-8-24-15(3)21(26(30)31)14(2)23-24/h4-6,9-12H,7-8H2,1-3H3,(H,22,27). The van der Waals surface area contributed by atoms with Crippen molar-refractivity contribution in [1.82, 2.24) is 9.78 Å². The van der Waals surface area contributed by atoms with Crippen LogP contribution in [0, 0.1) is 41.0 Å². The summed E-state index contributed by atoms with van der Waals surface area (Å²) < 4.78 is 7.12. The second kappa shape index (κ2) is 9.25. The topological polar surface area (TPSA) is 142 Å². The first kappa shape index (κ1) is 22.4. The molecule has 32 heavy (non-hydrogen) atoms. The van der Waals surface area contributed by atoms with Crippen molar-refractivity contribution in [1.29, 1.82) is 0 Å². The summed E-state index contributed by atoms with van der Waals surface area (Å²) in [5.74, 6) is 0.283. The second-order valence-electron chi connectivity index (χ2n) is 7.19. The molecule has 11 nitrogen and oxygen atoms in total. The highest BCUT2D eigenvalue weighted by Crippen LogP contribution is 2.30. The summed E-state index contributed by atoms with van der Waals surface area (Å²) >= 11 is 0. The molecule has 3 rings (SSSR count). The van der Waals surface area contributed by atoms with Crippen LogP contribution in [-0.4, -0.2) is 25.5 Å². The van der Waals surface area contributed by atoms with Crippen LogP contribution in [0.3, 0.4) is 0 Å². The Morgan fingerprint density at radius 1 is 1.06 bits per heavy atom. The van der Waals surface area contributed by atoms with Crippen LogP contribution in [0.25, 0.3) is 0 Å². The summed E-state index contributed by atoms with van der Waals surface area (Å²) in [5, 5.41) is 29.1. The van der Waals surface area contributed by atoms with Gasteiger partial charge < -0.3 is 10.1 Å². The first-order valence-electron chi connectivity index (χ1n) is 9.66. The maximum Gasteiger partial charge on any atom is 0.312 e. The molecule has 2 aromatic carbocycles. The second-order valence-corrected chi connectivity index (χ2v) is 7.19. The number of nitrogens with one attached hydrogen (secondary N) is 1. The fourth-order valence-electron chi connectivity index (χ4n) is 3.24. The van der Waals surface area contributed by atoms with Crippen molar-refractivity contribution in [3.63, 3.8) is 0 Å². The largest absolute Gasteiger partial charge is 0.457 e. The molecule has 1 heterocycles. The number of benzene rings is 2. The predicted octanol–water partition coefficient (Wildman–Crippen LogP) is 4.45. The molecule has 0 aliphatic rings. The summed E-state index contributed by atoms with van der Waals surface area (Å²) in [6.07, 6.45) is -0.0319. The lowest BCUT2D eigenvalue weighted by Gasteiger charge is -2.10. The third-order valence-corrected chi connectivity index (χ3v) is 4.69. The smallest absolute Gasteiger partial charge is 0.312 e. The minimum atomic E-state index is -0.576. The average Bonchev–Trinajstić information content (AvgIpc) is 2.99. The number of nitro benzene ring substituents is 1. The number of carbonyl (C=O) groups is 1. The van der Waals surface area contributed by atoms with Gasteiger partial charge in [0.05, 0.1) is 28.1 Å². The fraction of sp³-hybridized carbons (Fsp3) is 0.238. The van der Waals surface area contributed by atoms with Gasteiger partial charge in [0.1, 0.15) is 22.9 Å². The third kappa shape index (κ3) is 5.25. The number of non-ortho nitro benzene ring substituents is 1. The lowest BCUT2D eigenvalue weighted by Crippen LogP contribution is -2.16. The van der Waals surface area contributed by atoms with E-state index in [1.807, 2.05) is 13.0 Å². The Morgan fingerprint density at radius 3 is 2.44 bits per heavy atom. The van der Waals surface area contributed by atoms with Crippen LogP contribution in [0.1, 0.15) is 23.4 Å². The van der Waals surface area contributed by atoms with Gasteiger partial charge in [-0.2, -0.15) is 5.10 Å². The summed E-state index contributed by atoms with van der Waals surface area (Å²) in [4.78, 5) is 33.8. The van der Waals surface area contributed by atoms with Crippen molar-refractivity contribution >= 4 is 23.0 Å². The lowest BCUT2D eigenvalue weighted by molar-refractivity contribution is -0.386. The molecule has 0 bridgehead atoms. The van der Waals surface area contributed by atoms with Crippen LogP contribution >= 0.6 is 0 Å². The van der Waals surface area contributed by atoms with Crippen LogP contribution in [0.5, 0.6) is 11.5 Å². The van der Waals surface area contributed by atoms with E-state index in [-0.39, 0.29) is 41.5 Å². The number of hydrogen-bond donors (Lipinski definition) is 1. The molecular formula is C21H21N5O6. The van der Waals surface area contributed by atoms with Gasteiger partial charge in [0.25, 0.3) is 5.69 Å². The van der Waals surface area contributed by atoms with E-state index in [1.54, 1.807) is 25.1 Å². The molecule has 0 spiro atoms. The predicted molar refractivity (Wildman–Crippen MR) is 116 cm³/mol. The van der Waals surface area contributed by atoms with E-state index in [0.717, 1.165) is 5.56 Å². The zero-order chi connectivity index (χ0) is 23.4. The average molecular weight is 439 g/mol. The maximum atomic E-state index is 12.4. The molecule has 1 amide bonds. The maximum absolute atomic E-state index is 12.4. The molecule has 0 unspecified atom stereocenters. The summed E-state index contributed by atoms with van der Waals surface area (Å²) in [6, 6.07) is 11.2. The monoisotopic (exact) mass is 439 g/mol. The van der Waals surface area contributed by atoms with Gasteiger partial charge >= 0.3 is 5.69 Å². The van der Waals surface area contributed by atoms with Crippen molar-refractivity contribution in [2.24, 2.45) is 0 Å². The van der Waals surface area contributed by atoms with E-state index >= 15 is 0 Å². The quantitative estimate of drug-likeness (QED) is 0.403. The van der Waals surface area contributed by atoms with Crippen LogP contribution in [0.15, 0.2) is 42.5 Å². The highest BCUT2D eigenvalue weighted by molar-refractivity contribution is 5.91. The van der Waals surface area contributed by atoms with Gasteiger partial charge in [0.15, 0.2) is 0 Å². The van der Waals surface area contributed by atoms with Gasteiger partial charge in [-0.15, -0.1) is 0 Å². The van der Waals surface area contributed by atoms with Crippen molar-refractivity contribution in [3.8, 4) is 11.5 Å². The number of nitro groups is 2. The number of hydrogen-bond acceptors (Lipinski definition) is 7. The Bertz CT molecular complexity index is 1200. The van der Waals surface area contributed by atoms with E-state index in [4.69, 9.17) is 4.74 Å². The summed E-state index contributed by atoms with van der Waals surface area (Å²) in [5.41, 5.74) is 1.47. The van der Waals surface area contributed by atoms with Crippen molar-refractivity contribution in [3.05, 3.63) is 79.6 Å². The number of ether oxygens (including phenoxy) is 1. The number of anilines is 1. The number of aromatic nitrogens is 2. The highest BCUT2D eigenvalue weighted by Gasteiger charge is 2.22. The highest BCUT2D eigenvalue weighted by atomic mass is 16.6. The van der Waals surface area contributed by atoms with Crippen LogP contribution in [-0.2, 0) is 11.3 Å². The third-order valence-electron chi connectivity index (χ3n) is 4.69. The number of amides is 1. The molecule has 1 aromatic heterocycles. The number of nitrogens with zero attached hydrogens (tertiary/aromatic N) is 4. The minimum absolute atomic E-state index is 0.0319. The van der Waals surface area contributed by atoms with E-state index in [0.29, 0.717) is 11.4 Å². The zero-order valence-electron chi connectivity index (χ0n) is 17.7. The van der Waals surface area contributed by atoms with Crippen molar-refractivity contribution in [2.75, 3.05) is 5.32 Å². The van der Waals surface area contributed by atoms with Crippen LogP contribution in [0.4, 0.5) is 17.1 Å².